The number of hydrogen-bond acceptors (Lipinski definition) is 5. The average molecular weight is 290 g/mol. The Morgan fingerprint density at radius 3 is 2.86 bits per heavy atom. The van der Waals surface area contributed by atoms with Gasteiger partial charge in [-0.2, -0.15) is 5.10 Å². The number of rotatable bonds is 3. The largest absolute Gasteiger partial charge is 0.371 e. The number of fused-ring (bicyclic) bond motifs is 1. The van der Waals surface area contributed by atoms with E-state index >= 15 is 0 Å². The van der Waals surface area contributed by atoms with Gasteiger partial charge in [-0.05, 0) is 38.3 Å². The van der Waals surface area contributed by atoms with Crippen LogP contribution in [0.15, 0.2) is 6.07 Å². The van der Waals surface area contributed by atoms with Crippen LogP contribution < -0.4 is 4.90 Å². The standard InChI is InChI=1S/C16H26N4O/c1-16(2)7-5-13(21-16)11-20-8-6-14-12(10-20)9-15(18-17-14)19(3)4/h9,13H,5-8,10-11H2,1-4H3. The first-order valence-electron chi connectivity index (χ1n) is 7.86. The van der Waals surface area contributed by atoms with Crippen molar-refractivity contribution in [3.63, 3.8) is 0 Å². The lowest BCUT2D eigenvalue weighted by molar-refractivity contribution is -0.0302. The molecule has 0 radical (unpaired) electrons. The highest BCUT2D eigenvalue weighted by Crippen LogP contribution is 2.30. The molecular formula is C16H26N4O. The molecule has 2 aliphatic heterocycles. The first-order chi connectivity index (χ1) is 9.93. The van der Waals surface area contributed by atoms with E-state index in [0.717, 1.165) is 37.6 Å². The third-order valence-electron chi connectivity index (χ3n) is 4.48. The summed E-state index contributed by atoms with van der Waals surface area (Å²) in [6, 6.07) is 2.17. The van der Waals surface area contributed by atoms with Gasteiger partial charge < -0.3 is 9.64 Å². The molecule has 0 saturated carbocycles. The highest BCUT2D eigenvalue weighted by atomic mass is 16.5. The monoisotopic (exact) mass is 290 g/mol. The Kier molecular flexibility index (Phi) is 3.88. The van der Waals surface area contributed by atoms with Crippen molar-refractivity contribution in [1.29, 1.82) is 0 Å². The molecule has 5 nitrogen and oxygen atoms in total. The summed E-state index contributed by atoms with van der Waals surface area (Å²) in [4.78, 5) is 4.50. The predicted molar refractivity (Wildman–Crippen MR) is 83.5 cm³/mol. The molecular weight excluding hydrogens is 264 g/mol. The van der Waals surface area contributed by atoms with Crippen molar-refractivity contribution < 1.29 is 4.74 Å². The van der Waals surface area contributed by atoms with E-state index < -0.39 is 0 Å². The molecule has 21 heavy (non-hydrogen) atoms. The fraction of sp³-hybridized carbons (Fsp3) is 0.750. The van der Waals surface area contributed by atoms with E-state index in [1.807, 2.05) is 19.0 Å². The van der Waals surface area contributed by atoms with Crippen LogP contribution in [0, 0.1) is 0 Å². The van der Waals surface area contributed by atoms with Crippen molar-refractivity contribution in [2.24, 2.45) is 0 Å². The van der Waals surface area contributed by atoms with E-state index in [4.69, 9.17) is 4.74 Å². The van der Waals surface area contributed by atoms with Crippen LogP contribution in [0.3, 0.4) is 0 Å². The predicted octanol–water partition coefficient (Wildman–Crippen LogP) is 1.86. The smallest absolute Gasteiger partial charge is 0.151 e. The summed E-state index contributed by atoms with van der Waals surface area (Å²) < 4.78 is 6.12. The maximum atomic E-state index is 6.12. The molecule has 1 unspecified atom stereocenters. The molecule has 5 heteroatoms. The van der Waals surface area contributed by atoms with Crippen molar-refractivity contribution in [3.8, 4) is 0 Å². The molecule has 2 aliphatic rings. The highest BCUT2D eigenvalue weighted by Gasteiger charge is 2.33. The molecule has 0 spiro atoms. The van der Waals surface area contributed by atoms with Crippen molar-refractivity contribution in [3.05, 3.63) is 17.3 Å². The minimum atomic E-state index is 0.0575. The van der Waals surface area contributed by atoms with Gasteiger partial charge in [0.2, 0.25) is 0 Å². The first-order valence-corrected chi connectivity index (χ1v) is 7.86. The van der Waals surface area contributed by atoms with Crippen LogP contribution in [0.25, 0.3) is 0 Å². The van der Waals surface area contributed by atoms with Crippen LogP contribution in [-0.4, -0.2) is 54.0 Å². The number of ether oxygens (including phenoxy) is 1. The van der Waals surface area contributed by atoms with Crippen molar-refractivity contribution in [2.75, 3.05) is 32.1 Å². The lowest BCUT2D eigenvalue weighted by Gasteiger charge is -2.31. The fourth-order valence-corrected chi connectivity index (χ4v) is 3.24. The molecule has 3 heterocycles. The van der Waals surface area contributed by atoms with Crippen molar-refractivity contribution >= 4 is 5.82 Å². The van der Waals surface area contributed by atoms with Crippen LogP contribution in [0.5, 0.6) is 0 Å². The summed E-state index contributed by atoms with van der Waals surface area (Å²) in [5, 5.41) is 8.65. The zero-order chi connectivity index (χ0) is 15.0. The average Bonchev–Trinajstić information content (AvgIpc) is 2.77. The zero-order valence-electron chi connectivity index (χ0n) is 13.6. The SMILES string of the molecule is CN(C)c1cc2c(nn1)CCN(CC1CCC(C)(C)O1)C2. The molecule has 1 fully saturated rings. The van der Waals surface area contributed by atoms with E-state index in [1.165, 1.54) is 18.4 Å². The summed E-state index contributed by atoms with van der Waals surface area (Å²) in [5.41, 5.74) is 2.53. The van der Waals surface area contributed by atoms with Gasteiger partial charge in [0.25, 0.3) is 0 Å². The maximum Gasteiger partial charge on any atom is 0.151 e. The Hall–Kier alpha value is -1.20. The second-order valence-corrected chi connectivity index (χ2v) is 7.09. The third-order valence-corrected chi connectivity index (χ3v) is 4.48. The summed E-state index contributed by atoms with van der Waals surface area (Å²) in [6.07, 6.45) is 3.71. The first kappa shape index (κ1) is 14.7. The van der Waals surface area contributed by atoms with Gasteiger partial charge in [-0.25, -0.2) is 0 Å². The fourth-order valence-electron chi connectivity index (χ4n) is 3.24. The quantitative estimate of drug-likeness (QED) is 0.850. The van der Waals surface area contributed by atoms with Gasteiger partial charge in [0.15, 0.2) is 5.82 Å². The second kappa shape index (κ2) is 5.54. The minimum absolute atomic E-state index is 0.0575. The molecule has 1 atom stereocenters. The number of nitrogens with zero attached hydrogens (tertiary/aromatic N) is 4. The van der Waals surface area contributed by atoms with Gasteiger partial charge in [0, 0.05) is 40.2 Å². The molecule has 0 amide bonds. The van der Waals surface area contributed by atoms with Gasteiger partial charge in [-0.1, -0.05) is 0 Å². The van der Waals surface area contributed by atoms with E-state index in [-0.39, 0.29) is 5.60 Å². The Morgan fingerprint density at radius 2 is 2.19 bits per heavy atom. The van der Waals surface area contributed by atoms with Gasteiger partial charge >= 0.3 is 0 Å². The van der Waals surface area contributed by atoms with E-state index in [9.17, 15) is 0 Å². The highest BCUT2D eigenvalue weighted by molar-refractivity contribution is 5.40. The number of hydrogen-bond donors (Lipinski definition) is 0. The van der Waals surface area contributed by atoms with Crippen molar-refractivity contribution in [2.45, 2.75) is 51.4 Å². The van der Waals surface area contributed by atoms with E-state index in [0.29, 0.717) is 6.10 Å². The normalized spacial score (nSPS) is 24.9. The van der Waals surface area contributed by atoms with Gasteiger partial charge in [0.1, 0.15) is 0 Å². The number of anilines is 1. The Balaban J connectivity index is 1.65. The topological polar surface area (TPSA) is 41.5 Å². The molecule has 0 aliphatic carbocycles. The van der Waals surface area contributed by atoms with Gasteiger partial charge in [-0.3, -0.25) is 4.90 Å². The molecule has 116 valence electrons. The summed E-state index contributed by atoms with van der Waals surface area (Å²) in [6.45, 7) is 7.44. The van der Waals surface area contributed by atoms with Crippen LogP contribution in [-0.2, 0) is 17.7 Å². The van der Waals surface area contributed by atoms with Crippen LogP contribution in [0.1, 0.15) is 37.9 Å². The molecule has 1 aromatic heterocycles. The Morgan fingerprint density at radius 1 is 1.38 bits per heavy atom. The van der Waals surface area contributed by atoms with Crippen LogP contribution >= 0.6 is 0 Å². The van der Waals surface area contributed by atoms with E-state index in [2.05, 4.69) is 35.0 Å². The maximum absolute atomic E-state index is 6.12. The second-order valence-electron chi connectivity index (χ2n) is 7.09. The van der Waals surface area contributed by atoms with Crippen LogP contribution in [0.2, 0.25) is 0 Å². The summed E-state index contributed by atoms with van der Waals surface area (Å²) >= 11 is 0. The van der Waals surface area contributed by atoms with Crippen LogP contribution in [0.4, 0.5) is 5.82 Å². The Bertz CT molecular complexity index is 515. The van der Waals surface area contributed by atoms with Gasteiger partial charge in [0.05, 0.1) is 17.4 Å². The van der Waals surface area contributed by atoms with E-state index in [1.54, 1.807) is 0 Å². The number of aromatic nitrogens is 2. The van der Waals surface area contributed by atoms with Gasteiger partial charge in [-0.15, -0.1) is 5.10 Å². The molecule has 3 rings (SSSR count). The molecule has 0 bridgehead atoms. The van der Waals surface area contributed by atoms with Crippen molar-refractivity contribution in [1.82, 2.24) is 15.1 Å². The zero-order valence-corrected chi connectivity index (χ0v) is 13.6. The summed E-state index contributed by atoms with van der Waals surface area (Å²) in [5.74, 6) is 0.939. The molecule has 0 aromatic carbocycles. The lowest BCUT2D eigenvalue weighted by Crippen LogP contribution is -2.38. The lowest BCUT2D eigenvalue weighted by atomic mass is 10.0. The summed E-state index contributed by atoms with van der Waals surface area (Å²) in [7, 11) is 4.01. The molecule has 1 aromatic rings. The Labute approximate surface area is 127 Å². The molecule has 0 N–H and O–H groups in total. The molecule has 1 saturated heterocycles. The minimum Gasteiger partial charge on any atom is -0.371 e. The third kappa shape index (κ3) is 3.35.